The maximum absolute atomic E-state index is 5.83. The summed E-state index contributed by atoms with van der Waals surface area (Å²) < 4.78 is 15.3. The van der Waals surface area contributed by atoms with Crippen LogP contribution in [0, 0.1) is 0 Å². The molecule has 2 atom stereocenters. The lowest BCUT2D eigenvalue weighted by molar-refractivity contribution is 0.101. The molecule has 1 aliphatic rings. The molecule has 6 heteroatoms. The largest absolute Gasteiger partial charge is 0.484 e. The molecule has 18 heavy (non-hydrogen) atoms. The molecule has 1 aliphatic carbocycles. The van der Waals surface area contributed by atoms with Gasteiger partial charge in [0.1, 0.15) is 0 Å². The van der Waals surface area contributed by atoms with Crippen LogP contribution in [0.15, 0.2) is 0 Å². The first-order valence-corrected chi connectivity index (χ1v) is 7.10. The first-order chi connectivity index (χ1) is 8.61. The summed E-state index contributed by atoms with van der Waals surface area (Å²) >= 11 is 1.35. The molecule has 2 rings (SSSR count). The van der Waals surface area contributed by atoms with Crippen molar-refractivity contribution in [1.29, 1.82) is 0 Å². The van der Waals surface area contributed by atoms with Crippen molar-refractivity contribution < 1.29 is 9.47 Å². The van der Waals surface area contributed by atoms with Crippen molar-refractivity contribution in [2.45, 2.75) is 51.4 Å². The van der Waals surface area contributed by atoms with E-state index in [0.717, 1.165) is 17.8 Å². The number of nitrogens with two attached hydrogens (primary N) is 1. The zero-order valence-electron chi connectivity index (χ0n) is 11.1. The normalized spacial score (nSPS) is 23.6. The third kappa shape index (κ3) is 2.87. The van der Waals surface area contributed by atoms with E-state index in [0.29, 0.717) is 17.6 Å². The summed E-state index contributed by atoms with van der Waals surface area (Å²) in [6.45, 7) is 3.96. The van der Waals surface area contributed by atoms with Crippen molar-refractivity contribution in [3.05, 3.63) is 0 Å². The van der Waals surface area contributed by atoms with E-state index in [1.165, 1.54) is 18.0 Å². The van der Waals surface area contributed by atoms with E-state index in [2.05, 4.69) is 9.69 Å². The van der Waals surface area contributed by atoms with E-state index in [-0.39, 0.29) is 12.2 Å². The van der Waals surface area contributed by atoms with Gasteiger partial charge in [0.15, 0.2) is 16.6 Å². The highest BCUT2D eigenvalue weighted by Crippen LogP contribution is 2.38. The molecule has 2 unspecified atom stereocenters. The fourth-order valence-corrected chi connectivity index (χ4v) is 2.99. The molecule has 3 N–H and O–H groups in total. The van der Waals surface area contributed by atoms with E-state index < -0.39 is 0 Å². The van der Waals surface area contributed by atoms with E-state index >= 15 is 0 Å². The molecule has 0 spiro atoms. The van der Waals surface area contributed by atoms with Crippen LogP contribution in [-0.2, 0) is 4.74 Å². The molecule has 1 fully saturated rings. The SMILES string of the molecule is COC1CCCC1Nc1snc(N)c1OC(C)C. The maximum Gasteiger partial charge on any atom is 0.197 e. The molecule has 0 saturated heterocycles. The summed E-state index contributed by atoms with van der Waals surface area (Å²) in [5, 5.41) is 4.37. The molecule has 0 bridgehead atoms. The van der Waals surface area contributed by atoms with Crippen LogP contribution < -0.4 is 15.8 Å². The number of aromatic nitrogens is 1. The van der Waals surface area contributed by atoms with Gasteiger partial charge in [0.05, 0.1) is 18.2 Å². The van der Waals surface area contributed by atoms with Crippen LogP contribution in [0.2, 0.25) is 0 Å². The molecule has 102 valence electrons. The molecular weight excluding hydrogens is 250 g/mol. The van der Waals surface area contributed by atoms with Crippen molar-refractivity contribution in [2.75, 3.05) is 18.2 Å². The Morgan fingerprint density at radius 3 is 2.89 bits per heavy atom. The average molecular weight is 271 g/mol. The molecular formula is C12H21N3O2S. The highest BCUT2D eigenvalue weighted by Gasteiger charge is 2.29. The van der Waals surface area contributed by atoms with Gasteiger partial charge in [-0.15, -0.1) is 0 Å². The van der Waals surface area contributed by atoms with Crippen molar-refractivity contribution in [2.24, 2.45) is 0 Å². The zero-order valence-corrected chi connectivity index (χ0v) is 11.9. The molecule has 0 amide bonds. The molecule has 0 aromatic carbocycles. The van der Waals surface area contributed by atoms with Crippen LogP contribution in [0.4, 0.5) is 10.8 Å². The number of ether oxygens (including phenoxy) is 2. The van der Waals surface area contributed by atoms with E-state index in [1.54, 1.807) is 7.11 Å². The molecule has 5 nitrogen and oxygen atoms in total. The predicted octanol–water partition coefficient (Wildman–Crippen LogP) is 2.49. The monoisotopic (exact) mass is 271 g/mol. The Kier molecular flexibility index (Phi) is 4.29. The van der Waals surface area contributed by atoms with Gasteiger partial charge < -0.3 is 20.5 Å². The summed E-state index contributed by atoms with van der Waals surface area (Å²) in [4.78, 5) is 0. The second-order valence-electron chi connectivity index (χ2n) is 4.85. The summed E-state index contributed by atoms with van der Waals surface area (Å²) in [6.07, 6.45) is 3.75. The average Bonchev–Trinajstić information content (AvgIpc) is 2.90. The number of anilines is 2. The molecule has 1 heterocycles. The van der Waals surface area contributed by atoms with Crippen molar-refractivity contribution >= 4 is 22.4 Å². The summed E-state index contributed by atoms with van der Waals surface area (Å²) in [5.41, 5.74) is 5.83. The Hall–Kier alpha value is -1.01. The van der Waals surface area contributed by atoms with Crippen LogP contribution >= 0.6 is 11.5 Å². The lowest BCUT2D eigenvalue weighted by Gasteiger charge is -2.20. The number of rotatable bonds is 5. The van der Waals surface area contributed by atoms with Gasteiger partial charge >= 0.3 is 0 Å². The second kappa shape index (κ2) is 5.75. The molecule has 1 aromatic heterocycles. The summed E-state index contributed by atoms with van der Waals surface area (Å²) in [6, 6.07) is 0.323. The second-order valence-corrected chi connectivity index (χ2v) is 5.62. The van der Waals surface area contributed by atoms with Crippen molar-refractivity contribution in [3.63, 3.8) is 0 Å². The number of methoxy groups -OCH3 is 1. The zero-order chi connectivity index (χ0) is 13.1. The number of nitrogens with zero attached hydrogens (tertiary/aromatic N) is 1. The maximum atomic E-state index is 5.83. The first kappa shape index (κ1) is 13.4. The van der Waals surface area contributed by atoms with Gasteiger partial charge in [0.2, 0.25) is 0 Å². The standard InChI is InChI=1S/C12H21N3O2S/c1-7(2)17-10-11(13)15-18-12(10)14-8-5-4-6-9(8)16-3/h7-9,14H,4-6H2,1-3H3,(H2,13,15). The molecule has 1 aromatic rings. The number of hydrogen-bond acceptors (Lipinski definition) is 6. The minimum atomic E-state index is 0.0889. The first-order valence-electron chi connectivity index (χ1n) is 6.33. The summed E-state index contributed by atoms with van der Waals surface area (Å²) in [7, 11) is 1.76. The highest BCUT2D eigenvalue weighted by molar-refractivity contribution is 7.11. The third-order valence-corrected chi connectivity index (χ3v) is 3.87. The van der Waals surface area contributed by atoms with E-state index in [4.69, 9.17) is 15.2 Å². The summed E-state index contributed by atoms with van der Waals surface area (Å²) in [5.74, 6) is 1.14. The Balaban J connectivity index is 2.09. The minimum absolute atomic E-state index is 0.0889. The Morgan fingerprint density at radius 1 is 1.44 bits per heavy atom. The molecule has 1 saturated carbocycles. The van der Waals surface area contributed by atoms with Gasteiger partial charge in [-0.3, -0.25) is 0 Å². The minimum Gasteiger partial charge on any atom is -0.484 e. The Bertz CT molecular complexity index is 395. The van der Waals surface area contributed by atoms with Crippen LogP contribution in [0.25, 0.3) is 0 Å². The van der Waals surface area contributed by atoms with Crippen LogP contribution in [0.3, 0.4) is 0 Å². The van der Waals surface area contributed by atoms with Crippen LogP contribution in [0.5, 0.6) is 5.75 Å². The fourth-order valence-electron chi connectivity index (χ4n) is 2.28. The molecule has 0 radical (unpaired) electrons. The quantitative estimate of drug-likeness (QED) is 0.861. The molecule has 0 aliphatic heterocycles. The van der Waals surface area contributed by atoms with Crippen LogP contribution in [-0.4, -0.2) is 29.7 Å². The van der Waals surface area contributed by atoms with E-state index in [1.807, 2.05) is 13.8 Å². The van der Waals surface area contributed by atoms with Crippen molar-refractivity contribution in [1.82, 2.24) is 4.37 Å². The number of hydrogen-bond donors (Lipinski definition) is 2. The van der Waals surface area contributed by atoms with Gasteiger partial charge in [-0.2, -0.15) is 4.37 Å². The third-order valence-electron chi connectivity index (χ3n) is 3.10. The Labute approximate surface area is 112 Å². The van der Waals surface area contributed by atoms with Gasteiger partial charge in [0, 0.05) is 7.11 Å². The Morgan fingerprint density at radius 2 is 2.22 bits per heavy atom. The lowest BCUT2D eigenvalue weighted by Crippen LogP contribution is -2.29. The van der Waals surface area contributed by atoms with E-state index in [9.17, 15) is 0 Å². The van der Waals surface area contributed by atoms with Gasteiger partial charge in [-0.05, 0) is 44.6 Å². The van der Waals surface area contributed by atoms with Gasteiger partial charge in [-0.25, -0.2) is 0 Å². The topological polar surface area (TPSA) is 69.4 Å². The smallest absolute Gasteiger partial charge is 0.197 e. The fraction of sp³-hybridized carbons (Fsp3) is 0.750. The predicted molar refractivity (Wildman–Crippen MR) is 74.3 cm³/mol. The van der Waals surface area contributed by atoms with Gasteiger partial charge in [0.25, 0.3) is 0 Å². The van der Waals surface area contributed by atoms with Gasteiger partial charge in [-0.1, -0.05) is 0 Å². The number of nitrogen functional groups attached to an aromatic ring is 1. The lowest BCUT2D eigenvalue weighted by atomic mass is 10.2. The van der Waals surface area contributed by atoms with Crippen molar-refractivity contribution in [3.8, 4) is 5.75 Å². The highest BCUT2D eigenvalue weighted by atomic mass is 32.1. The number of nitrogens with one attached hydrogen (secondary N) is 1. The van der Waals surface area contributed by atoms with Crippen LogP contribution in [0.1, 0.15) is 33.1 Å².